The third kappa shape index (κ3) is 6.30. The topological polar surface area (TPSA) is 90.3 Å². The van der Waals surface area contributed by atoms with Gasteiger partial charge < -0.3 is 19.8 Å². The molecule has 7 nitrogen and oxygen atoms in total. The van der Waals surface area contributed by atoms with Crippen molar-refractivity contribution in [2.45, 2.75) is 39.1 Å². The zero-order valence-electron chi connectivity index (χ0n) is 22.2. The maximum Gasteiger partial charge on any atom is 0.335 e. The van der Waals surface area contributed by atoms with E-state index in [1.807, 2.05) is 74.6 Å². The fraction of sp³-hybridized carbons (Fsp3) is 0.355. The van der Waals surface area contributed by atoms with Gasteiger partial charge in [0.1, 0.15) is 0 Å². The van der Waals surface area contributed by atoms with Crippen molar-refractivity contribution in [3.63, 3.8) is 0 Å². The van der Waals surface area contributed by atoms with E-state index in [0.717, 1.165) is 22.3 Å². The summed E-state index contributed by atoms with van der Waals surface area (Å²) in [4.78, 5) is 29.0. The standard InChI is InChI=1S/C31H36N2O5/c1-21-16-33(22(2)19-34)30(35)28-11-7-6-10-27(28)26-9-5-4-8-25(26)20-38-29(21)18-32(3)17-23-12-14-24(15-13-23)31(36)37/h4-15,21-22,29,34H,16-20H2,1-3H3,(H,36,37)/t21-,22-,29-/m1/s1. The Morgan fingerprint density at radius 2 is 1.66 bits per heavy atom. The van der Waals surface area contributed by atoms with E-state index in [2.05, 4.69) is 11.8 Å². The lowest BCUT2D eigenvalue weighted by molar-refractivity contribution is -0.0241. The molecule has 1 aliphatic heterocycles. The molecule has 1 amide bonds. The summed E-state index contributed by atoms with van der Waals surface area (Å²) in [5.74, 6) is -1.05. The van der Waals surface area contributed by atoms with Crippen LogP contribution in [0.25, 0.3) is 11.1 Å². The van der Waals surface area contributed by atoms with E-state index in [4.69, 9.17) is 9.84 Å². The van der Waals surface area contributed by atoms with Crippen molar-refractivity contribution in [3.05, 3.63) is 95.1 Å². The number of carbonyl (C=O) groups excluding carboxylic acids is 1. The van der Waals surface area contributed by atoms with Crippen LogP contribution in [-0.2, 0) is 17.9 Å². The second kappa shape index (κ2) is 12.3. The van der Waals surface area contributed by atoms with Crippen LogP contribution in [0.15, 0.2) is 72.8 Å². The Kier molecular flexibility index (Phi) is 8.94. The molecule has 2 N–H and O–H groups in total. The maximum atomic E-state index is 13.9. The van der Waals surface area contributed by atoms with Crippen molar-refractivity contribution < 1.29 is 24.5 Å². The van der Waals surface area contributed by atoms with Crippen molar-refractivity contribution in [2.75, 3.05) is 26.7 Å². The van der Waals surface area contributed by atoms with Crippen LogP contribution >= 0.6 is 0 Å². The summed E-state index contributed by atoms with van der Waals surface area (Å²) < 4.78 is 6.56. The lowest BCUT2D eigenvalue weighted by Gasteiger charge is -2.35. The Bertz CT molecular complexity index is 1260. The lowest BCUT2D eigenvalue weighted by atomic mass is 9.94. The largest absolute Gasteiger partial charge is 0.478 e. The minimum absolute atomic E-state index is 0.0118. The Hall–Kier alpha value is -3.52. The van der Waals surface area contributed by atoms with Gasteiger partial charge in [0.05, 0.1) is 30.9 Å². The molecule has 0 aromatic heterocycles. The van der Waals surface area contributed by atoms with Crippen molar-refractivity contribution in [3.8, 4) is 11.1 Å². The van der Waals surface area contributed by atoms with Crippen LogP contribution < -0.4 is 0 Å². The molecule has 0 spiro atoms. The number of hydrogen-bond acceptors (Lipinski definition) is 5. The zero-order valence-corrected chi connectivity index (χ0v) is 22.2. The monoisotopic (exact) mass is 516 g/mol. The fourth-order valence-corrected chi connectivity index (χ4v) is 4.99. The lowest BCUT2D eigenvalue weighted by Crippen LogP contribution is -2.47. The molecule has 0 radical (unpaired) electrons. The van der Waals surface area contributed by atoms with Crippen molar-refractivity contribution >= 4 is 11.9 Å². The number of ether oxygens (including phenoxy) is 1. The van der Waals surface area contributed by atoms with E-state index < -0.39 is 5.97 Å². The van der Waals surface area contributed by atoms with E-state index in [9.17, 15) is 14.7 Å². The quantitative estimate of drug-likeness (QED) is 0.479. The molecule has 3 aromatic rings. The SMILES string of the molecule is C[C@@H]1CN([C@H](C)CO)C(=O)c2ccccc2-c2ccccc2CO[C@@H]1CN(C)Cc1ccc(C(=O)O)cc1. The number of carboxylic acid groups (broad SMARTS) is 1. The number of aliphatic hydroxyl groups excluding tert-OH is 1. The summed E-state index contributed by atoms with van der Waals surface area (Å²) in [5.41, 5.74) is 4.73. The predicted octanol–water partition coefficient (Wildman–Crippen LogP) is 4.54. The minimum Gasteiger partial charge on any atom is -0.478 e. The molecule has 0 unspecified atom stereocenters. The summed E-state index contributed by atoms with van der Waals surface area (Å²) in [6.07, 6.45) is -0.186. The molecule has 0 fully saturated rings. The predicted molar refractivity (Wildman–Crippen MR) is 147 cm³/mol. The molecule has 200 valence electrons. The summed E-state index contributed by atoms with van der Waals surface area (Å²) in [6, 6.07) is 22.2. The van der Waals surface area contributed by atoms with Crippen LogP contribution in [0.3, 0.4) is 0 Å². The molecule has 7 heteroatoms. The van der Waals surface area contributed by atoms with Gasteiger partial charge in [0.25, 0.3) is 5.91 Å². The second-order valence-corrected chi connectivity index (χ2v) is 10.2. The number of carboxylic acids is 1. The number of rotatable bonds is 7. The van der Waals surface area contributed by atoms with Crippen LogP contribution in [0.1, 0.15) is 45.7 Å². The first-order valence-electron chi connectivity index (χ1n) is 13.0. The highest BCUT2D eigenvalue weighted by Crippen LogP contribution is 2.31. The van der Waals surface area contributed by atoms with Gasteiger partial charge in [-0.05, 0) is 54.4 Å². The number of hydrogen-bond donors (Lipinski definition) is 2. The van der Waals surface area contributed by atoms with Gasteiger partial charge in [-0.2, -0.15) is 0 Å². The zero-order chi connectivity index (χ0) is 27.2. The second-order valence-electron chi connectivity index (χ2n) is 10.2. The number of benzene rings is 3. The van der Waals surface area contributed by atoms with E-state index in [1.54, 1.807) is 17.0 Å². The number of amides is 1. The Balaban J connectivity index is 1.63. The number of nitrogens with zero attached hydrogens (tertiary/aromatic N) is 2. The first kappa shape index (κ1) is 27.5. The van der Waals surface area contributed by atoms with Gasteiger partial charge in [0.2, 0.25) is 0 Å². The van der Waals surface area contributed by atoms with Gasteiger partial charge in [-0.1, -0.05) is 61.5 Å². The molecular weight excluding hydrogens is 480 g/mol. The molecule has 1 aliphatic rings. The normalized spacial score (nSPS) is 18.9. The van der Waals surface area contributed by atoms with E-state index in [0.29, 0.717) is 31.8 Å². The molecule has 0 bridgehead atoms. The fourth-order valence-electron chi connectivity index (χ4n) is 4.99. The molecule has 38 heavy (non-hydrogen) atoms. The minimum atomic E-state index is -0.941. The Morgan fingerprint density at radius 1 is 1.03 bits per heavy atom. The average molecular weight is 517 g/mol. The van der Waals surface area contributed by atoms with Crippen LogP contribution in [0, 0.1) is 5.92 Å². The van der Waals surface area contributed by atoms with Crippen LogP contribution in [-0.4, -0.2) is 70.8 Å². The smallest absolute Gasteiger partial charge is 0.335 e. The molecule has 0 saturated carbocycles. The summed E-state index contributed by atoms with van der Waals surface area (Å²) in [5, 5.41) is 19.2. The van der Waals surface area contributed by atoms with E-state index >= 15 is 0 Å². The van der Waals surface area contributed by atoms with Gasteiger partial charge in [-0.15, -0.1) is 0 Å². The first-order valence-corrected chi connectivity index (χ1v) is 13.0. The highest BCUT2D eigenvalue weighted by atomic mass is 16.5. The van der Waals surface area contributed by atoms with Crippen molar-refractivity contribution in [1.29, 1.82) is 0 Å². The number of likely N-dealkylation sites (N-methyl/N-ethyl adjacent to an activating group) is 1. The van der Waals surface area contributed by atoms with Gasteiger partial charge in [-0.25, -0.2) is 4.79 Å². The number of carbonyl (C=O) groups is 2. The van der Waals surface area contributed by atoms with Crippen molar-refractivity contribution in [1.82, 2.24) is 9.80 Å². The molecular formula is C31H36N2O5. The molecule has 0 aliphatic carbocycles. The van der Waals surface area contributed by atoms with Crippen molar-refractivity contribution in [2.24, 2.45) is 5.92 Å². The number of aromatic carboxylic acids is 1. The maximum absolute atomic E-state index is 13.9. The molecule has 3 atom stereocenters. The average Bonchev–Trinajstić information content (AvgIpc) is 2.94. The first-order chi connectivity index (χ1) is 18.3. The Labute approximate surface area is 224 Å². The molecule has 1 heterocycles. The third-order valence-corrected chi connectivity index (χ3v) is 7.24. The molecule has 0 saturated heterocycles. The number of fused-ring (bicyclic) bond motifs is 3. The van der Waals surface area contributed by atoms with Gasteiger partial charge in [-0.3, -0.25) is 9.69 Å². The van der Waals surface area contributed by atoms with E-state index in [-0.39, 0.29) is 36.1 Å². The summed E-state index contributed by atoms with van der Waals surface area (Å²) in [6.45, 7) is 5.91. The number of aliphatic hydroxyl groups is 1. The van der Waals surface area contributed by atoms with Gasteiger partial charge in [0, 0.05) is 31.1 Å². The van der Waals surface area contributed by atoms with Gasteiger partial charge in [0.15, 0.2) is 0 Å². The van der Waals surface area contributed by atoms with E-state index in [1.165, 1.54) is 0 Å². The molecule has 4 rings (SSSR count). The Morgan fingerprint density at radius 3 is 2.32 bits per heavy atom. The van der Waals surface area contributed by atoms with Crippen LogP contribution in [0.4, 0.5) is 0 Å². The van der Waals surface area contributed by atoms with Crippen LogP contribution in [0.5, 0.6) is 0 Å². The molecule has 3 aromatic carbocycles. The third-order valence-electron chi connectivity index (χ3n) is 7.24. The highest BCUT2D eigenvalue weighted by Gasteiger charge is 2.30. The van der Waals surface area contributed by atoms with Crippen LogP contribution in [0.2, 0.25) is 0 Å². The summed E-state index contributed by atoms with van der Waals surface area (Å²) >= 11 is 0. The highest BCUT2D eigenvalue weighted by molar-refractivity contribution is 6.01. The summed E-state index contributed by atoms with van der Waals surface area (Å²) in [7, 11) is 2.01. The van der Waals surface area contributed by atoms with Gasteiger partial charge >= 0.3 is 5.97 Å².